The van der Waals surface area contributed by atoms with Crippen molar-refractivity contribution in [2.45, 2.75) is 39.2 Å². The molecule has 0 aromatic carbocycles. The van der Waals surface area contributed by atoms with Crippen LogP contribution in [-0.4, -0.2) is 21.2 Å². The largest absolute Gasteiger partial charge is 0.392 e. The lowest BCUT2D eigenvalue weighted by Crippen LogP contribution is -2.16. The van der Waals surface area contributed by atoms with Gasteiger partial charge in [0.1, 0.15) is 5.82 Å². The third-order valence-electron chi connectivity index (χ3n) is 2.20. The second-order valence-corrected chi connectivity index (χ2v) is 3.38. The van der Waals surface area contributed by atoms with Gasteiger partial charge in [0.25, 0.3) is 0 Å². The molecular formula is C10H16N2O. The molecule has 0 saturated heterocycles. The Kier molecular flexibility index (Phi) is 3.37. The monoisotopic (exact) mass is 180 g/mol. The number of nitrogens with zero attached hydrogens (tertiary/aromatic N) is 2. The Morgan fingerprint density at radius 3 is 2.38 bits per heavy atom. The quantitative estimate of drug-likeness (QED) is 0.769. The number of hydrogen-bond acceptors (Lipinski definition) is 3. The number of aryl methyl sites for hydroxylation is 1. The van der Waals surface area contributed by atoms with E-state index in [1.54, 1.807) is 12.4 Å². The van der Waals surface area contributed by atoms with Crippen molar-refractivity contribution in [3.63, 3.8) is 0 Å². The van der Waals surface area contributed by atoms with Crippen molar-refractivity contribution < 1.29 is 5.11 Å². The maximum Gasteiger partial charge on any atom is 0.133 e. The Labute approximate surface area is 78.9 Å². The van der Waals surface area contributed by atoms with E-state index in [1.807, 2.05) is 20.8 Å². The molecule has 0 fully saturated rings. The summed E-state index contributed by atoms with van der Waals surface area (Å²) >= 11 is 0. The molecule has 3 heteroatoms. The Morgan fingerprint density at radius 1 is 1.38 bits per heavy atom. The zero-order chi connectivity index (χ0) is 9.84. The molecular weight excluding hydrogens is 164 g/mol. The van der Waals surface area contributed by atoms with E-state index >= 15 is 0 Å². The first-order valence-electron chi connectivity index (χ1n) is 4.61. The van der Waals surface area contributed by atoms with Crippen molar-refractivity contribution in [1.82, 2.24) is 9.97 Å². The predicted octanol–water partition coefficient (Wildman–Crippen LogP) is 1.66. The van der Waals surface area contributed by atoms with Crippen LogP contribution in [0.2, 0.25) is 0 Å². The van der Waals surface area contributed by atoms with E-state index < -0.39 is 0 Å². The molecule has 2 unspecified atom stereocenters. The first-order valence-corrected chi connectivity index (χ1v) is 4.61. The Hall–Kier alpha value is -0.960. The van der Waals surface area contributed by atoms with Gasteiger partial charge in [-0.15, -0.1) is 0 Å². The van der Waals surface area contributed by atoms with Crippen LogP contribution >= 0.6 is 0 Å². The zero-order valence-corrected chi connectivity index (χ0v) is 8.36. The fraction of sp³-hybridized carbons (Fsp3) is 0.600. The van der Waals surface area contributed by atoms with Gasteiger partial charge in [0.2, 0.25) is 0 Å². The lowest BCUT2D eigenvalue weighted by atomic mass is 10.0. The number of rotatable bonds is 3. The number of hydrogen-bond donors (Lipinski definition) is 1. The third kappa shape index (κ3) is 2.49. The van der Waals surface area contributed by atoms with Crippen LogP contribution in [0.1, 0.15) is 37.6 Å². The molecule has 0 spiro atoms. The van der Waals surface area contributed by atoms with Gasteiger partial charge in [-0.3, -0.25) is 0 Å². The third-order valence-corrected chi connectivity index (χ3v) is 2.20. The average molecular weight is 180 g/mol. The van der Waals surface area contributed by atoms with Crippen molar-refractivity contribution in [3.8, 4) is 0 Å². The molecule has 72 valence electrons. The van der Waals surface area contributed by atoms with E-state index in [2.05, 4.69) is 9.97 Å². The van der Waals surface area contributed by atoms with Crippen LogP contribution < -0.4 is 0 Å². The highest BCUT2D eigenvalue weighted by molar-refractivity contribution is 5.05. The summed E-state index contributed by atoms with van der Waals surface area (Å²) in [7, 11) is 0. The van der Waals surface area contributed by atoms with Crippen LogP contribution in [0, 0.1) is 6.92 Å². The summed E-state index contributed by atoms with van der Waals surface area (Å²) in [5.74, 6) is 0.741. The molecule has 13 heavy (non-hydrogen) atoms. The first kappa shape index (κ1) is 10.1. The second-order valence-electron chi connectivity index (χ2n) is 3.38. The van der Waals surface area contributed by atoms with Gasteiger partial charge in [-0.05, 0) is 18.9 Å². The lowest BCUT2D eigenvalue weighted by Gasteiger charge is -2.15. The highest BCUT2D eigenvalue weighted by Crippen LogP contribution is 2.16. The number of aliphatic hydroxyl groups is 1. The van der Waals surface area contributed by atoms with Gasteiger partial charge in [0.15, 0.2) is 0 Å². The maximum absolute atomic E-state index is 9.57. The fourth-order valence-electron chi connectivity index (χ4n) is 1.16. The molecule has 0 saturated carbocycles. The summed E-state index contributed by atoms with van der Waals surface area (Å²) < 4.78 is 0. The summed E-state index contributed by atoms with van der Waals surface area (Å²) in [6, 6.07) is 0. The van der Waals surface area contributed by atoms with E-state index in [4.69, 9.17) is 0 Å². The summed E-state index contributed by atoms with van der Waals surface area (Å²) in [5, 5.41) is 9.57. The highest BCUT2D eigenvalue weighted by Gasteiger charge is 2.16. The highest BCUT2D eigenvalue weighted by atomic mass is 16.3. The minimum absolute atomic E-state index is 0.0191. The molecule has 2 atom stereocenters. The van der Waals surface area contributed by atoms with E-state index in [1.165, 1.54) is 0 Å². The Bertz CT molecular complexity index is 258. The fourth-order valence-corrected chi connectivity index (χ4v) is 1.16. The number of aromatic nitrogens is 2. The van der Waals surface area contributed by atoms with Crippen LogP contribution in [0.25, 0.3) is 0 Å². The molecule has 0 radical (unpaired) electrons. The van der Waals surface area contributed by atoms with Crippen molar-refractivity contribution in [1.29, 1.82) is 0 Å². The lowest BCUT2D eigenvalue weighted by molar-refractivity contribution is 0.142. The molecule has 0 aliphatic heterocycles. The molecule has 1 aromatic heterocycles. The molecule has 0 aliphatic carbocycles. The SMILES string of the molecule is CCC(O)C(C)c1ncc(C)cn1. The van der Waals surface area contributed by atoms with E-state index in [0.29, 0.717) is 0 Å². The van der Waals surface area contributed by atoms with Crippen molar-refractivity contribution >= 4 is 0 Å². The normalized spacial score (nSPS) is 15.4. The Balaban J connectivity index is 2.77. The standard InChI is InChI=1S/C10H16N2O/c1-4-9(13)8(3)10-11-5-7(2)6-12-10/h5-6,8-9,13H,4H2,1-3H3. The van der Waals surface area contributed by atoms with Crippen LogP contribution in [0.4, 0.5) is 0 Å². The van der Waals surface area contributed by atoms with Crippen molar-refractivity contribution in [2.75, 3.05) is 0 Å². The van der Waals surface area contributed by atoms with Gasteiger partial charge in [0.05, 0.1) is 6.10 Å². The maximum atomic E-state index is 9.57. The van der Waals surface area contributed by atoms with Gasteiger partial charge in [-0.2, -0.15) is 0 Å². The molecule has 1 rings (SSSR count). The van der Waals surface area contributed by atoms with E-state index in [0.717, 1.165) is 17.8 Å². The topological polar surface area (TPSA) is 46.0 Å². The molecule has 0 amide bonds. The van der Waals surface area contributed by atoms with E-state index in [9.17, 15) is 5.11 Å². The van der Waals surface area contributed by atoms with Gasteiger partial charge in [-0.1, -0.05) is 13.8 Å². The number of aliphatic hydroxyl groups excluding tert-OH is 1. The van der Waals surface area contributed by atoms with Crippen LogP contribution in [-0.2, 0) is 0 Å². The van der Waals surface area contributed by atoms with Crippen LogP contribution in [0.5, 0.6) is 0 Å². The van der Waals surface area contributed by atoms with Crippen molar-refractivity contribution in [3.05, 3.63) is 23.8 Å². The minimum Gasteiger partial charge on any atom is -0.392 e. The average Bonchev–Trinajstić information content (AvgIpc) is 2.17. The summed E-state index contributed by atoms with van der Waals surface area (Å²) in [6.45, 7) is 5.85. The Morgan fingerprint density at radius 2 is 1.92 bits per heavy atom. The molecule has 1 aromatic rings. The second kappa shape index (κ2) is 4.33. The summed E-state index contributed by atoms with van der Waals surface area (Å²) in [4.78, 5) is 8.35. The van der Waals surface area contributed by atoms with Crippen LogP contribution in [0.3, 0.4) is 0 Å². The smallest absolute Gasteiger partial charge is 0.133 e. The minimum atomic E-state index is -0.345. The molecule has 1 heterocycles. The first-order chi connectivity index (χ1) is 6.15. The summed E-state index contributed by atoms with van der Waals surface area (Å²) in [6.07, 6.45) is 3.95. The van der Waals surface area contributed by atoms with Crippen molar-refractivity contribution in [2.24, 2.45) is 0 Å². The van der Waals surface area contributed by atoms with Gasteiger partial charge in [0, 0.05) is 18.3 Å². The molecule has 0 aliphatic rings. The van der Waals surface area contributed by atoms with E-state index in [-0.39, 0.29) is 12.0 Å². The molecule has 3 nitrogen and oxygen atoms in total. The van der Waals surface area contributed by atoms with Gasteiger partial charge >= 0.3 is 0 Å². The van der Waals surface area contributed by atoms with Gasteiger partial charge < -0.3 is 5.11 Å². The predicted molar refractivity (Wildman–Crippen MR) is 51.5 cm³/mol. The van der Waals surface area contributed by atoms with Gasteiger partial charge in [-0.25, -0.2) is 9.97 Å². The van der Waals surface area contributed by atoms with Crippen LogP contribution in [0.15, 0.2) is 12.4 Å². The molecule has 1 N–H and O–H groups in total. The zero-order valence-electron chi connectivity index (χ0n) is 8.36. The molecule has 0 bridgehead atoms. The summed E-state index contributed by atoms with van der Waals surface area (Å²) in [5.41, 5.74) is 1.04.